The molecule has 3 rings (SSSR count). The van der Waals surface area contributed by atoms with Gasteiger partial charge in [-0.1, -0.05) is 6.07 Å². The van der Waals surface area contributed by atoms with Crippen molar-refractivity contribution in [3.05, 3.63) is 23.9 Å². The zero-order chi connectivity index (χ0) is 18.4. The summed E-state index contributed by atoms with van der Waals surface area (Å²) in [4.78, 5) is 13.5. The van der Waals surface area contributed by atoms with Crippen LogP contribution in [0, 0.1) is 5.92 Å². The lowest BCUT2D eigenvalue weighted by Gasteiger charge is -2.32. The van der Waals surface area contributed by atoms with E-state index in [0.29, 0.717) is 12.5 Å². The lowest BCUT2D eigenvalue weighted by Crippen LogP contribution is -2.41. The summed E-state index contributed by atoms with van der Waals surface area (Å²) >= 11 is 0. The minimum absolute atomic E-state index is 0.260. The van der Waals surface area contributed by atoms with Crippen LogP contribution in [0.15, 0.2) is 23.3 Å². The number of rotatable bonds is 5. The normalized spacial score (nSPS) is 24.0. The van der Waals surface area contributed by atoms with Crippen LogP contribution in [-0.4, -0.2) is 75.5 Å². The average molecular weight is 361 g/mol. The molecule has 0 saturated carbocycles. The van der Waals surface area contributed by atoms with Gasteiger partial charge in [0.25, 0.3) is 0 Å². The molecule has 2 atom stereocenters. The standard InChI is InChI=1S/C19H31N5O2/c1-15-12-24(7-9-26-15)18-5-4-16(10-21-18)11-22-19(20-2)23(3)13-17-6-8-25-14-17/h4-5,10,15,17H,6-9,11-14H2,1-3H3,(H,20,22). The molecule has 26 heavy (non-hydrogen) atoms. The van der Waals surface area contributed by atoms with Crippen molar-refractivity contribution in [3.63, 3.8) is 0 Å². The van der Waals surface area contributed by atoms with E-state index in [4.69, 9.17) is 9.47 Å². The van der Waals surface area contributed by atoms with E-state index in [9.17, 15) is 0 Å². The van der Waals surface area contributed by atoms with Crippen molar-refractivity contribution in [3.8, 4) is 0 Å². The van der Waals surface area contributed by atoms with E-state index in [1.54, 1.807) is 0 Å². The summed E-state index contributed by atoms with van der Waals surface area (Å²) in [6, 6.07) is 4.23. The molecule has 2 fully saturated rings. The monoisotopic (exact) mass is 361 g/mol. The maximum absolute atomic E-state index is 5.60. The number of aromatic nitrogens is 1. The van der Waals surface area contributed by atoms with Gasteiger partial charge < -0.3 is 24.6 Å². The van der Waals surface area contributed by atoms with E-state index >= 15 is 0 Å². The van der Waals surface area contributed by atoms with E-state index in [0.717, 1.165) is 63.2 Å². The molecule has 0 aliphatic carbocycles. The van der Waals surface area contributed by atoms with Crippen molar-refractivity contribution in [1.82, 2.24) is 15.2 Å². The molecule has 2 aliphatic rings. The highest BCUT2D eigenvalue weighted by Gasteiger charge is 2.19. The van der Waals surface area contributed by atoms with E-state index in [1.807, 2.05) is 13.2 Å². The summed E-state index contributed by atoms with van der Waals surface area (Å²) in [5, 5.41) is 3.43. The molecule has 0 spiro atoms. The van der Waals surface area contributed by atoms with Gasteiger partial charge in [-0.05, 0) is 25.0 Å². The smallest absolute Gasteiger partial charge is 0.193 e. The highest BCUT2D eigenvalue weighted by molar-refractivity contribution is 5.79. The van der Waals surface area contributed by atoms with Crippen molar-refractivity contribution >= 4 is 11.8 Å². The van der Waals surface area contributed by atoms with Crippen molar-refractivity contribution < 1.29 is 9.47 Å². The number of pyridine rings is 1. The fourth-order valence-corrected chi connectivity index (χ4v) is 3.50. The molecule has 7 heteroatoms. The van der Waals surface area contributed by atoms with Crippen LogP contribution in [-0.2, 0) is 16.0 Å². The van der Waals surface area contributed by atoms with Crippen molar-refractivity contribution in [1.29, 1.82) is 0 Å². The molecular weight excluding hydrogens is 330 g/mol. The van der Waals surface area contributed by atoms with Crippen LogP contribution in [0.2, 0.25) is 0 Å². The van der Waals surface area contributed by atoms with E-state index in [1.165, 1.54) is 0 Å². The number of anilines is 1. The van der Waals surface area contributed by atoms with Gasteiger partial charge in [-0.2, -0.15) is 0 Å². The van der Waals surface area contributed by atoms with Crippen molar-refractivity contribution in [2.75, 3.05) is 58.5 Å². The average Bonchev–Trinajstić information content (AvgIpc) is 3.16. The molecular formula is C19H31N5O2. The number of aliphatic imine (C=N–C) groups is 1. The second-order valence-corrected chi connectivity index (χ2v) is 7.16. The Morgan fingerprint density at radius 3 is 2.96 bits per heavy atom. The fourth-order valence-electron chi connectivity index (χ4n) is 3.50. The Hall–Kier alpha value is -1.86. The van der Waals surface area contributed by atoms with Crippen LogP contribution >= 0.6 is 0 Å². The minimum atomic E-state index is 0.260. The Bertz CT molecular complexity index is 586. The molecule has 2 saturated heterocycles. The maximum atomic E-state index is 5.60. The van der Waals surface area contributed by atoms with Gasteiger partial charge in [0, 0.05) is 59.0 Å². The van der Waals surface area contributed by atoms with Gasteiger partial charge in [0.2, 0.25) is 0 Å². The third-order valence-electron chi connectivity index (χ3n) is 4.95. The minimum Gasteiger partial charge on any atom is -0.381 e. The number of morpholine rings is 1. The van der Waals surface area contributed by atoms with Crippen LogP contribution in [0.25, 0.3) is 0 Å². The first-order valence-electron chi connectivity index (χ1n) is 9.46. The zero-order valence-electron chi connectivity index (χ0n) is 16.1. The van der Waals surface area contributed by atoms with Crippen LogP contribution in [0.5, 0.6) is 0 Å². The molecule has 0 amide bonds. The van der Waals surface area contributed by atoms with Crippen LogP contribution < -0.4 is 10.2 Å². The number of hydrogen-bond donors (Lipinski definition) is 1. The highest BCUT2D eigenvalue weighted by atomic mass is 16.5. The molecule has 144 valence electrons. The summed E-state index contributed by atoms with van der Waals surface area (Å²) in [5.74, 6) is 2.52. The number of hydrogen-bond acceptors (Lipinski definition) is 5. The molecule has 1 aromatic rings. The summed E-state index contributed by atoms with van der Waals surface area (Å²) in [7, 11) is 3.90. The number of guanidine groups is 1. The predicted octanol–water partition coefficient (Wildman–Crippen LogP) is 1.35. The first kappa shape index (κ1) is 18.9. The van der Waals surface area contributed by atoms with Gasteiger partial charge in [-0.25, -0.2) is 4.98 Å². The molecule has 7 nitrogen and oxygen atoms in total. The van der Waals surface area contributed by atoms with E-state index in [2.05, 4.69) is 51.2 Å². The van der Waals surface area contributed by atoms with Crippen LogP contribution in [0.4, 0.5) is 5.82 Å². The molecule has 2 aliphatic heterocycles. The van der Waals surface area contributed by atoms with E-state index in [-0.39, 0.29) is 6.10 Å². The van der Waals surface area contributed by atoms with Crippen LogP contribution in [0.3, 0.4) is 0 Å². The van der Waals surface area contributed by atoms with Crippen LogP contribution in [0.1, 0.15) is 18.9 Å². The lowest BCUT2D eigenvalue weighted by atomic mass is 10.1. The lowest BCUT2D eigenvalue weighted by molar-refractivity contribution is 0.0529. The number of nitrogens with one attached hydrogen (secondary N) is 1. The van der Waals surface area contributed by atoms with Gasteiger partial charge in [0.05, 0.1) is 19.3 Å². The van der Waals surface area contributed by atoms with Gasteiger partial charge in [0.1, 0.15) is 5.82 Å². The molecule has 1 aromatic heterocycles. The molecule has 1 N–H and O–H groups in total. The van der Waals surface area contributed by atoms with Gasteiger partial charge >= 0.3 is 0 Å². The Balaban J connectivity index is 1.50. The third-order valence-corrected chi connectivity index (χ3v) is 4.95. The van der Waals surface area contributed by atoms with Crippen molar-refractivity contribution in [2.45, 2.75) is 26.0 Å². The summed E-state index contributed by atoms with van der Waals surface area (Å²) in [5.41, 5.74) is 1.15. The van der Waals surface area contributed by atoms with Gasteiger partial charge in [-0.15, -0.1) is 0 Å². The summed E-state index contributed by atoms with van der Waals surface area (Å²) in [6.07, 6.45) is 3.34. The zero-order valence-corrected chi connectivity index (χ0v) is 16.1. The van der Waals surface area contributed by atoms with E-state index < -0.39 is 0 Å². The Morgan fingerprint density at radius 1 is 1.42 bits per heavy atom. The van der Waals surface area contributed by atoms with Gasteiger partial charge in [0.15, 0.2) is 5.96 Å². The Labute approximate surface area is 156 Å². The first-order valence-corrected chi connectivity index (χ1v) is 9.46. The SMILES string of the molecule is CN=C(NCc1ccc(N2CCOC(C)C2)nc1)N(C)CC1CCOC1. The summed E-state index contributed by atoms with van der Waals surface area (Å²) < 4.78 is 11.1. The molecule has 3 heterocycles. The second-order valence-electron chi connectivity index (χ2n) is 7.16. The fraction of sp³-hybridized carbons (Fsp3) is 0.684. The first-order chi connectivity index (χ1) is 12.7. The highest BCUT2D eigenvalue weighted by Crippen LogP contribution is 2.16. The topological polar surface area (TPSA) is 62.2 Å². The second kappa shape index (κ2) is 9.19. The quantitative estimate of drug-likeness (QED) is 0.631. The number of ether oxygens (including phenoxy) is 2. The molecule has 0 bridgehead atoms. The largest absolute Gasteiger partial charge is 0.381 e. The predicted molar refractivity (Wildman–Crippen MR) is 104 cm³/mol. The third kappa shape index (κ3) is 5.08. The Morgan fingerprint density at radius 2 is 2.31 bits per heavy atom. The number of nitrogens with zero attached hydrogens (tertiary/aromatic N) is 4. The molecule has 0 aromatic carbocycles. The molecule has 2 unspecified atom stereocenters. The van der Waals surface area contributed by atoms with Crippen molar-refractivity contribution in [2.24, 2.45) is 10.9 Å². The molecule has 0 radical (unpaired) electrons. The maximum Gasteiger partial charge on any atom is 0.193 e. The van der Waals surface area contributed by atoms with Gasteiger partial charge in [-0.3, -0.25) is 4.99 Å². The Kier molecular flexibility index (Phi) is 6.68. The summed E-state index contributed by atoms with van der Waals surface area (Å²) in [6.45, 7) is 8.07.